The Labute approximate surface area is 149 Å². The largest absolute Gasteiger partial charge is 0.358 e. The highest BCUT2D eigenvalue weighted by atomic mass is 16.1. The van der Waals surface area contributed by atoms with Crippen molar-refractivity contribution in [1.82, 2.24) is 20.2 Å². The molecule has 0 unspecified atom stereocenters. The summed E-state index contributed by atoms with van der Waals surface area (Å²) in [5, 5.41) is 2.69. The summed E-state index contributed by atoms with van der Waals surface area (Å²) < 4.78 is 0. The summed E-state index contributed by atoms with van der Waals surface area (Å²) in [6.45, 7) is 5.47. The predicted octanol–water partition coefficient (Wildman–Crippen LogP) is 1.83. The van der Waals surface area contributed by atoms with Gasteiger partial charge in [0.1, 0.15) is 0 Å². The van der Waals surface area contributed by atoms with E-state index in [9.17, 15) is 4.79 Å². The van der Waals surface area contributed by atoms with Crippen molar-refractivity contribution in [2.45, 2.75) is 19.8 Å². The van der Waals surface area contributed by atoms with Crippen LogP contribution in [0, 0.1) is 12.8 Å². The quantitative estimate of drug-likeness (QED) is 0.899. The number of likely N-dealkylation sites (tertiary alicyclic amines) is 1. The van der Waals surface area contributed by atoms with Crippen LogP contribution in [0.2, 0.25) is 0 Å². The van der Waals surface area contributed by atoms with Crippen LogP contribution >= 0.6 is 0 Å². The third kappa shape index (κ3) is 4.25. The number of nitrogens with zero attached hydrogens (tertiary/aromatic N) is 4. The van der Waals surface area contributed by atoms with E-state index in [1.807, 2.05) is 31.2 Å². The van der Waals surface area contributed by atoms with Gasteiger partial charge in [0, 0.05) is 20.6 Å². The molecule has 2 heterocycles. The van der Waals surface area contributed by atoms with Crippen molar-refractivity contribution in [1.29, 1.82) is 0 Å². The van der Waals surface area contributed by atoms with E-state index in [0.29, 0.717) is 12.5 Å². The Kier molecular flexibility index (Phi) is 5.48. The van der Waals surface area contributed by atoms with Gasteiger partial charge in [-0.15, -0.1) is 0 Å². The van der Waals surface area contributed by atoms with Crippen molar-refractivity contribution >= 4 is 22.8 Å². The summed E-state index contributed by atoms with van der Waals surface area (Å²) >= 11 is 0. The molecule has 1 fully saturated rings. The number of carbonyl (C=O) groups excluding carboxylic acids is 1. The van der Waals surface area contributed by atoms with E-state index in [-0.39, 0.29) is 5.91 Å². The van der Waals surface area contributed by atoms with E-state index in [4.69, 9.17) is 4.98 Å². The summed E-state index contributed by atoms with van der Waals surface area (Å²) in [6.07, 6.45) is 2.22. The lowest BCUT2D eigenvalue weighted by atomic mass is 9.96. The van der Waals surface area contributed by atoms with Crippen LogP contribution in [0.4, 0.5) is 5.82 Å². The highest BCUT2D eigenvalue weighted by Crippen LogP contribution is 2.23. The minimum atomic E-state index is 0.0950. The summed E-state index contributed by atoms with van der Waals surface area (Å²) in [7, 11) is 3.79. The Balaban J connectivity index is 1.60. The van der Waals surface area contributed by atoms with Gasteiger partial charge in [-0.25, -0.2) is 9.97 Å². The van der Waals surface area contributed by atoms with Crippen LogP contribution in [0.5, 0.6) is 0 Å². The molecule has 0 atom stereocenters. The summed E-state index contributed by atoms with van der Waals surface area (Å²) in [6, 6.07) is 8.00. The molecule has 1 aromatic carbocycles. The number of aromatic nitrogens is 2. The van der Waals surface area contributed by atoms with Crippen molar-refractivity contribution in [2.24, 2.45) is 5.92 Å². The van der Waals surface area contributed by atoms with E-state index in [1.54, 1.807) is 7.05 Å². The van der Waals surface area contributed by atoms with E-state index in [0.717, 1.165) is 55.0 Å². The van der Waals surface area contributed by atoms with Crippen LogP contribution in [0.15, 0.2) is 24.3 Å². The number of nitrogens with one attached hydrogen (secondary N) is 1. The van der Waals surface area contributed by atoms with E-state index < -0.39 is 0 Å². The van der Waals surface area contributed by atoms with Gasteiger partial charge in [-0.1, -0.05) is 12.1 Å². The van der Waals surface area contributed by atoms with E-state index >= 15 is 0 Å². The van der Waals surface area contributed by atoms with E-state index in [1.165, 1.54) is 0 Å². The lowest BCUT2D eigenvalue weighted by Crippen LogP contribution is -2.42. The maximum Gasteiger partial charge on any atom is 0.233 e. The van der Waals surface area contributed by atoms with Crippen molar-refractivity contribution in [3.05, 3.63) is 30.0 Å². The van der Waals surface area contributed by atoms with Crippen molar-refractivity contribution in [3.8, 4) is 0 Å². The SMILES string of the molecule is CNC(=O)CN1CCC(CN(C)c2nc3ccccc3nc2C)CC1. The molecule has 25 heavy (non-hydrogen) atoms. The highest BCUT2D eigenvalue weighted by molar-refractivity contribution is 5.77. The molecule has 6 heteroatoms. The first-order valence-corrected chi connectivity index (χ1v) is 8.94. The number of hydrogen-bond acceptors (Lipinski definition) is 5. The molecule has 0 spiro atoms. The molecule has 0 bridgehead atoms. The number of amides is 1. The van der Waals surface area contributed by atoms with Gasteiger partial charge in [-0.3, -0.25) is 9.69 Å². The summed E-state index contributed by atoms with van der Waals surface area (Å²) in [5.41, 5.74) is 2.85. The molecule has 1 N–H and O–H groups in total. The van der Waals surface area contributed by atoms with Gasteiger partial charge in [0.05, 0.1) is 23.3 Å². The van der Waals surface area contributed by atoms with Crippen molar-refractivity contribution < 1.29 is 4.79 Å². The molecule has 1 aliphatic heterocycles. The third-order valence-corrected chi connectivity index (χ3v) is 4.97. The van der Waals surface area contributed by atoms with Crippen molar-refractivity contribution in [3.63, 3.8) is 0 Å². The number of carbonyl (C=O) groups is 1. The number of benzene rings is 1. The summed E-state index contributed by atoms with van der Waals surface area (Å²) in [4.78, 5) is 25.4. The highest BCUT2D eigenvalue weighted by Gasteiger charge is 2.22. The Bertz CT molecular complexity index is 740. The van der Waals surface area contributed by atoms with Gasteiger partial charge in [0.2, 0.25) is 5.91 Å². The fourth-order valence-corrected chi connectivity index (χ4v) is 3.52. The lowest BCUT2D eigenvalue weighted by Gasteiger charge is -2.33. The molecular weight excluding hydrogens is 314 g/mol. The molecule has 0 aliphatic carbocycles. The van der Waals surface area contributed by atoms with Gasteiger partial charge < -0.3 is 10.2 Å². The number of anilines is 1. The minimum absolute atomic E-state index is 0.0950. The molecule has 6 nitrogen and oxygen atoms in total. The first kappa shape index (κ1) is 17.6. The Morgan fingerprint density at radius 1 is 1.24 bits per heavy atom. The number of para-hydroxylation sites is 2. The molecular formula is C19H27N5O. The fourth-order valence-electron chi connectivity index (χ4n) is 3.52. The van der Waals surface area contributed by atoms with Gasteiger partial charge in [0.25, 0.3) is 0 Å². The average Bonchev–Trinajstić information content (AvgIpc) is 2.62. The molecule has 1 aliphatic rings. The fraction of sp³-hybridized carbons (Fsp3) is 0.526. The lowest BCUT2D eigenvalue weighted by molar-refractivity contribution is -0.122. The van der Waals surface area contributed by atoms with Crippen LogP contribution in [-0.4, -0.2) is 61.0 Å². The van der Waals surface area contributed by atoms with Gasteiger partial charge >= 0.3 is 0 Å². The zero-order valence-electron chi connectivity index (χ0n) is 15.3. The first-order chi connectivity index (χ1) is 12.1. The number of fused-ring (bicyclic) bond motifs is 1. The van der Waals surface area contributed by atoms with Gasteiger partial charge in [0.15, 0.2) is 5.82 Å². The molecule has 134 valence electrons. The Hall–Kier alpha value is -2.21. The smallest absolute Gasteiger partial charge is 0.233 e. The topological polar surface area (TPSA) is 61.4 Å². The van der Waals surface area contributed by atoms with Crippen LogP contribution in [-0.2, 0) is 4.79 Å². The van der Waals surface area contributed by atoms with Gasteiger partial charge in [-0.05, 0) is 50.9 Å². The van der Waals surface area contributed by atoms with Gasteiger partial charge in [-0.2, -0.15) is 0 Å². The number of piperidine rings is 1. The third-order valence-electron chi connectivity index (χ3n) is 4.97. The maximum atomic E-state index is 11.5. The standard InChI is InChI=1S/C19H27N5O/c1-14-19(22-17-7-5-4-6-16(17)21-14)23(3)12-15-8-10-24(11-9-15)13-18(25)20-2/h4-7,15H,8-13H2,1-3H3,(H,20,25). The molecule has 1 aromatic heterocycles. The second-order valence-corrected chi connectivity index (χ2v) is 6.89. The number of hydrogen-bond donors (Lipinski definition) is 1. The van der Waals surface area contributed by atoms with Crippen molar-refractivity contribution in [2.75, 3.05) is 45.2 Å². The molecule has 1 saturated heterocycles. The number of likely N-dealkylation sites (N-methyl/N-ethyl adjacent to an activating group) is 1. The zero-order valence-corrected chi connectivity index (χ0v) is 15.3. The van der Waals surface area contributed by atoms with Crippen LogP contribution < -0.4 is 10.2 Å². The molecule has 2 aromatic rings. The normalized spacial score (nSPS) is 16.1. The number of aryl methyl sites for hydroxylation is 1. The van der Waals surface area contributed by atoms with Crippen LogP contribution in [0.3, 0.4) is 0 Å². The van der Waals surface area contributed by atoms with Crippen LogP contribution in [0.25, 0.3) is 11.0 Å². The van der Waals surface area contributed by atoms with E-state index in [2.05, 4.69) is 27.1 Å². The first-order valence-electron chi connectivity index (χ1n) is 8.94. The second-order valence-electron chi connectivity index (χ2n) is 6.89. The maximum absolute atomic E-state index is 11.5. The zero-order chi connectivity index (χ0) is 17.8. The summed E-state index contributed by atoms with van der Waals surface area (Å²) in [5.74, 6) is 1.68. The van der Waals surface area contributed by atoms with Crippen LogP contribution in [0.1, 0.15) is 18.5 Å². The Morgan fingerprint density at radius 2 is 1.88 bits per heavy atom. The average molecular weight is 341 g/mol. The molecule has 3 rings (SSSR count). The monoisotopic (exact) mass is 341 g/mol. The molecule has 0 saturated carbocycles. The molecule has 0 radical (unpaired) electrons. The second kappa shape index (κ2) is 7.78. The predicted molar refractivity (Wildman–Crippen MR) is 101 cm³/mol. The number of rotatable bonds is 5. The molecule has 1 amide bonds. The Morgan fingerprint density at radius 3 is 2.52 bits per heavy atom. The minimum Gasteiger partial charge on any atom is -0.358 e.